The van der Waals surface area contributed by atoms with Crippen LogP contribution in [0.2, 0.25) is 0 Å². The number of nitrogens with zero attached hydrogens (tertiary/aromatic N) is 8. The Morgan fingerprint density at radius 2 is 1.78 bits per heavy atom. The number of piperazine rings is 1. The normalized spacial score (nSPS) is 22.1. The van der Waals surface area contributed by atoms with Crippen molar-refractivity contribution in [1.29, 1.82) is 0 Å². The van der Waals surface area contributed by atoms with E-state index in [1.54, 1.807) is 0 Å². The molecular weight excluding hydrogens is 452 g/mol. The number of pyridine rings is 1. The first-order chi connectivity index (χ1) is 17.3. The predicted molar refractivity (Wildman–Crippen MR) is 146 cm³/mol. The van der Waals surface area contributed by atoms with Crippen molar-refractivity contribution in [3.8, 4) is 0 Å². The number of nitrogens with one attached hydrogen (secondary N) is 1. The number of fused-ring (bicyclic) bond motifs is 1. The standard InChI is InChI=1S/C26H40N10/c1-17(2)36-16-30-22-23(31-26(32-25(22)36)34-11-8-21(27)9-12-34)29-13-20-7-6-10-28-24(20)35-14-18(3)33(5)19(4)15-35/h6-7,10,16-19,21H,8-9,11-15,27H2,1-5H3,(H,29,31,32)/t18-,19+. The number of rotatable bonds is 6. The summed E-state index contributed by atoms with van der Waals surface area (Å²) in [5, 5.41) is 3.60. The van der Waals surface area contributed by atoms with Crippen LogP contribution in [0, 0.1) is 0 Å². The zero-order valence-corrected chi connectivity index (χ0v) is 22.2. The molecule has 36 heavy (non-hydrogen) atoms. The summed E-state index contributed by atoms with van der Waals surface area (Å²) in [5.74, 6) is 2.55. The number of piperidine rings is 1. The van der Waals surface area contributed by atoms with Crippen LogP contribution in [0.5, 0.6) is 0 Å². The Hall–Kier alpha value is -2.98. The summed E-state index contributed by atoms with van der Waals surface area (Å²) in [5.41, 5.74) is 8.96. The van der Waals surface area contributed by atoms with Crippen molar-refractivity contribution in [1.82, 2.24) is 29.4 Å². The lowest BCUT2D eigenvalue weighted by atomic mass is 10.1. The van der Waals surface area contributed by atoms with E-state index in [0.717, 1.165) is 73.3 Å². The SMILES string of the molecule is CC(C)n1cnc2c(NCc3cccnc3N3C[C@@H](C)N(C)[C@@H](C)C3)nc(N3CCC(N)CC3)nc21. The number of hydrogen-bond acceptors (Lipinski definition) is 9. The third kappa shape index (κ3) is 4.84. The Labute approximate surface area is 213 Å². The third-order valence-corrected chi connectivity index (χ3v) is 7.76. The lowest BCUT2D eigenvalue weighted by molar-refractivity contribution is 0.169. The molecule has 0 spiro atoms. The van der Waals surface area contributed by atoms with Gasteiger partial charge in [-0.05, 0) is 53.7 Å². The van der Waals surface area contributed by atoms with Gasteiger partial charge in [-0.25, -0.2) is 9.97 Å². The number of nitrogens with two attached hydrogens (primary N) is 1. The van der Waals surface area contributed by atoms with Gasteiger partial charge >= 0.3 is 0 Å². The minimum atomic E-state index is 0.256. The van der Waals surface area contributed by atoms with Gasteiger partial charge in [0.15, 0.2) is 17.0 Å². The van der Waals surface area contributed by atoms with Gasteiger partial charge in [-0.1, -0.05) is 6.07 Å². The molecule has 10 heteroatoms. The molecule has 0 amide bonds. The van der Waals surface area contributed by atoms with Gasteiger partial charge in [-0.2, -0.15) is 9.97 Å². The molecule has 2 aliphatic heterocycles. The molecule has 5 heterocycles. The number of aromatic nitrogens is 5. The highest BCUT2D eigenvalue weighted by Crippen LogP contribution is 2.28. The Kier molecular flexibility index (Phi) is 6.98. The lowest BCUT2D eigenvalue weighted by Crippen LogP contribution is -2.55. The molecule has 10 nitrogen and oxygen atoms in total. The van der Waals surface area contributed by atoms with E-state index in [0.29, 0.717) is 18.6 Å². The van der Waals surface area contributed by atoms with Gasteiger partial charge < -0.3 is 25.4 Å². The summed E-state index contributed by atoms with van der Waals surface area (Å²) in [6.45, 7) is 13.1. The highest BCUT2D eigenvalue weighted by atomic mass is 15.3. The van der Waals surface area contributed by atoms with E-state index in [2.05, 4.69) is 65.4 Å². The van der Waals surface area contributed by atoms with E-state index < -0.39 is 0 Å². The molecule has 3 aromatic heterocycles. The van der Waals surface area contributed by atoms with Crippen LogP contribution in [0.1, 0.15) is 52.1 Å². The second-order valence-electron chi connectivity index (χ2n) is 10.7. The Morgan fingerprint density at radius 3 is 2.47 bits per heavy atom. The fourth-order valence-corrected chi connectivity index (χ4v) is 5.26. The molecule has 0 bridgehead atoms. The number of anilines is 3. The number of likely N-dealkylation sites (N-methyl/N-ethyl adjacent to an activating group) is 1. The highest BCUT2D eigenvalue weighted by Gasteiger charge is 2.28. The monoisotopic (exact) mass is 492 g/mol. The van der Waals surface area contributed by atoms with E-state index in [4.69, 9.17) is 25.7 Å². The zero-order chi connectivity index (χ0) is 25.4. The van der Waals surface area contributed by atoms with Gasteiger partial charge in [0.1, 0.15) is 5.82 Å². The smallest absolute Gasteiger partial charge is 0.229 e. The van der Waals surface area contributed by atoms with Crippen molar-refractivity contribution in [3.05, 3.63) is 30.2 Å². The molecule has 0 unspecified atom stereocenters. The van der Waals surface area contributed by atoms with Crippen LogP contribution < -0.4 is 20.9 Å². The molecular formula is C26H40N10. The van der Waals surface area contributed by atoms with Crippen LogP contribution in [0.15, 0.2) is 24.7 Å². The summed E-state index contributed by atoms with van der Waals surface area (Å²) in [4.78, 5) is 26.5. The van der Waals surface area contributed by atoms with Crippen molar-refractivity contribution < 1.29 is 0 Å². The van der Waals surface area contributed by atoms with E-state index in [1.165, 1.54) is 0 Å². The zero-order valence-electron chi connectivity index (χ0n) is 22.2. The summed E-state index contributed by atoms with van der Waals surface area (Å²) < 4.78 is 2.11. The molecule has 3 N–H and O–H groups in total. The molecule has 2 saturated heterocycles. The van der Waals surface area contributed by atoms with Gasteiger partial charge in [0.05, 0.1) is 6.33 Å². The Bertz CT molecular complexity index is 1170. The van der Waals surface area contributed by atoms with Crippen LogP contribution in [0.25, 0.3) is 11.2 Å². The van der Waals surface area contributed by atoms with Gasteiger partial charge in [0.25, 0.3) is 0 Å². The van der Waals surface area contributed by atoms with Crippen LogP contribution >= 0.6 is 0 Å². The topological polar surface area (TPSA) is 104 Å². The summed E-state index contributed by atoms with van der Waals surface area (Å²) in [7, 11) is 2.21. The predicted octanol–water partition coefficient (Wildman–Crippen LogP) is 2.87. The fourth-order valence-electron chi connectivity index (χ4n) is 5.26. The number of hydrogen-bond donors (Lipinski definition) is 2. The van der Waals surface area contributed by atoms with Crippen LogP contribution in [0.3, 0.4) is 0 Å². The van der Waals surface area contributed by atoms with Crippen molar-refractivity contribution in [3.63, 3.8) is 0 Å². The molecule has 2 atom stereocenters. The molecule has 0 aliphatic carbocycles. The second kappa shape index (κ2) is 10.2. The largest absolute Gasteiger partial charge is 0.364 e. The molecule has 3 aromatic rings. The first-order valence-electron chi connectivity index (χ1n) is 13.2. The van der Waals surface area contributed by atoms with Crippen molar-refractivity contribution in [2.45, 2.75) is 71.2 Å². The lowest BCUT2D eigenvalue weighted by Gasteiger charge is -2.43. The summed E-state index contributed by atoms with van der Waals surface area (Å²) in [6, 6.07) is 5.62. The molecule has 0 saturated carbocycles. The minimum Gasteiger partial charge on any atom is -0.364 e. The first kappa shape index (κ1) is 24.7. The number of imidazole rings is 1. The molecule has 0 radical (unpaired) electrons. The average Bonchev–Trinajstić information content (AvgIpc) is 3.31. The van der Waals surface area contributed by atoms with Gasteiger partial charge in [-0.3, -0.25) is 4.90 Å². The average molecular weight is 493 g/mol. The van der Waals surface area contributed by atoms with Crippen LogP contribution in [-0.2, 0) is 6.54 Å². The molecule has 2 aliphatic rings. The summed E-state index contributed by atoms with van der Waals surface area (Å²) >= 11 is 0. The Morgan fingerprint density at radius 1 is 1.06 bits per heavy atom. The van der Waals surface area contributed by atoms with E-state index >= 15 is 0 Å². The fraction of sp³-hybridized carbons (Fsp3) is 0.615. The van der Waals surface area contributed by atoms with E-state index in [9.17, 15) is 0 Å². The van der Waals surface area contributed by atoms with Gasteiger partial charge in [0.2, 0.25) is 5.95 Å². The van der Waals surface area contributed by atoms with Crippen molar-refractivity contribution in [2.75, 3.05) is 48.3 Å². The maximum Gasteiger partial charge on any atom is 0.229 e. The van der Waals surface area contributed by atoms with Gasteiger partial charge in [-0.15, -0.1) is 0 Å². The quantitative estimate of drug-likeness (QED) is 0.537. The third-order valence-electron chi connectivity index (χ3n) is 7.76. The molecule has 0 aromatic carbocycles. The molecule has 5 rings (SSSR count). The first-order valence-corrected chi connectivity index (χ1v) is 13.2. The maximum absolute atomic E-state index is 6.15. The highest BCUT2D eigenvalue weighted by molar-refractivity contribution is 5.84. The Balaban J connectivity index is 1.44. The van der Waals surface area contributed by atoms with Gasteiger partial charge in [0, 0.05) is 68.7 Å². The maximum atomic E-state index is 6.15. The second-order valence-corrected chi connectivity index (χ2v) is 10.7. The van der Waals surface area contributed by atoms with Crippen LogP contribution in [-0.4, -0.2) is 80.8 Å². The van der Waals surface area contributed by atoms with E-state index in [1.807, 2.05) is 18.6 Å². The molecule has 2 fully saturated rings. The summed E-state index contributed by atoms with van der Waals surface area (Å²) in [6.07, 6.45) is 5.66. The van der Waals surface area contributed by atoms with Crippen LogP contribution in [0.4, 0.5) is 17.6 Å². The van der Waals surface area contributed by atoms with Crippen molar-refractivity contribution in [2.24, 2.45) is 5.73 Å². The van der Waals surface area contributed by atoms with E-state index in [-0.39, 0.29) is 12.1 Å². The minimum absolute atomic E-state index is 0.256. The molecule has 194 valence electrons. The van der Waals surface area contributed by atoms with Crippen molar-refractivity contribution >= 4 is 28.7 Å².